The summed E-state index contributed by atoms with van der Waals surface area (Å²) >= 11 is 0. The summed E-state index contributed by atoms with van der Waals surface area (Å²) in [7, 11) is -2.28. The van der Waals surface area contributed by atoms with Crippen molar-refractivity contribution in [2.24, 2.45) is 0 Å². The highest BCUT2D eigenvalue weighted by molar-refractivity contribution is 7.92. The molecule has 0 aromatic heterocycles. The van der Waals surface area contributed by atoms with Gasteiger partial charge in [0.1, 0.15) is 18.3 Å². The van der Waals surface area contributed by atoms with Gasteiger partial charge >= 0.3 is 0 Å². The molecule has 0 heterocycles. The van der Waals surface area contributed by atoms with Crippen molar-refractivity contribution in [1.82, 2.24) is 10.2 Å². The van der Waals surface area contributed by atoms with Gasteiger partial charge in [-0.1, -0.05) is 75.4 Å². The Hall–Kier alpha value is -3.85. The average Bonchev–Trinajstić information content (AvgIpc) is 2.92. The van der Waals surface area contributed by atoms with E-state index in [4.69, 9.17) is 4.74 Å². The Labute approximate surface area is 250 Å². The lowest BCUT2D eigenvalue weighted by molar-refractivity contribution is -0.140. The monoisotopic (exact) mass is 593 g/mol. The van der Waals surface area contributed by atoms with Crippen molar-refractivity contribution in [3.63, 3.8) is 0 Å². The summed E-state index contributed by atoms with van der Waals surface area (Å²) in [6.07, 6.45) is 1.34. The molecule has 0 fully saturated rings. The minimum atomic E-state index is -3.84. The number of benzene rings is 3. The Kier molecular flexibility index (Phi) is 10.8. The van der Waals surface area contributed by atoms with Crippen LogP contribution in [0, 0.1) is 0 Å². The molecule has 0 spiro atoms. The first-order valence-corrected chi connectivity index (χ1v) is 15.9. The van der Waals surface area contributed by atoms with Crippen molar-refractivity contribution in [3.8, 4) is 5.75 Å². The van der Waals surface area contributed by atoms with E-state index < -0.39 is 28.5 Å². The van der Waals surface area contributed by atoms with Crippen molar-refractivity contribution in [2.75, 3.05) is 24.2 Å². The number of sulfonamides is 1. The standard InChI is InChI=1S/C33H43N3O5S/c1-24(2)34-32(38)30(21-25-12-9-8-10-13-25)35(22-26-14-11-15-29(20-26)41-6)31(37)23-36(42(7,39)40)28-18-16-27(17-19-28)33(3,4)5/h8-20,24,30H,21-23H2,1-7H3,(H,34,38)/t30-/m1/s1. The molecule has 8 nitrogen and oxygen atoms in total. The fraction of sp³-hybridized carbons (Fsp3) is 0.394. The second-order valence-electron chi connectivity index (χ2n) is 11.8. The molecule has 0 aliphatic carbocycles. The van der Waals surface area contributed by atoms with Gasteiger partial charge in [-0.2, -0.15) is 0 Å². The predicted octanol–water partition coefficient (Wildman–Crippen LogP) is 4.92. The lowest BCUT2D eigenvalue weighted by Crippen LogP contribution is -2.54. The smallest absolute Gasteiger partial charge is 0.244 e. The summed E-state index contributed by atoms with van der Waals surface area (Å²) in [6.45, 7) is 9.57. The third-order valence-electron chi connectivity index (χ3n) is 6.89. The molecule has 0 unspecified atom stereocenters. The third kappa shape index (κ3) is 9.08. The number of rotatable bonds is 12. The quantitative estimate of drug-likeness (QED) is 0.322. The van der Waals surface area contributed by atoms with Gasteiger partial charge in [-0.25, -0.2) is 8.42 Å². The number of ether oxygens (including phenoxy) is 1. The lowest BCUT2D eigenvalue weighted by Gasteiger charge is -2.34. The number of nitrogens with one attached hydrogen (secondary N) is 1. The highest BCUT2D eigenvalue weighted by atomic mass is 32.2. The molecule has 1 atom stereocenters. The van der Waals surface area contributed by atoms with Crippen LogP contribution in [-0.2, 0) is 38.0 Å². The largest absolute Gasteiger partial charge is 0.497 e. The van der Waals surface area contributed by atoms with E-state index in [1.165, 1.54) is 4.90 Å². The van der Waals surface area contributed by atoms with E-state index in [0.717, 1.165) is 27.3 Å². The van der Waals surface area contributed by atoms with E-state index >= 15 is 0 Å². The van der Waals surface area contributed by atoms with Gasteiger partial charge in [0, 0.05) is 19.0 Å². The third-order valence-corrected chi connectivity index (χ3v) is 8.03. The molecule has 0 saturated heterocycles. The molecule has 0 aliphatic rings. The van der Waals surface area contributed by atoms with Gasteiger partial charge < -0.3 is 15.0 Å². The number of hydrogen-bond acceptors (Lipinski definition) is 5. The maximum Gasteiger partial charge on any atom is 0.244 e. The highest BCUT2D eigenvalue weighted by Crippen LogP contribution is 2.27. The average molecular weight is 594 g/mol. The van der Waals surface area contributed by atoms with Crippen LogP contribution < -0.4 is 14.4 Å². The molecule has 3 rings (SSSR count). The Morgan fingerprint density at radius 3 is 2.07 bits per heavy atom. The van der Waals surface area contributed by atoms with Gasteiger partial charge in [-0.05, 0) is 60.2 Å². The second kappa shape index (κ2) is 13.9. The normalized spacial score (nSPS) is 12.5. The summed E-state index contributed by atoms with van der Waals surface area (Å²) < 4.78 is 32.5. The number of nitrogens with zero attached hydrogens (tertiary/aromatic N) is 2. The molecule has 0 aliphatic heterocycles. The number of amides is 2. The molecule has 0 radical (unpaired) electrons. The molecule has 0 saturated carbocycles. The summed E-state index contributed by atoms with van der Waals surface area (Å²) in [5.74, 6) is -0.198. The molecule has 0 bridgehead atoms. The van der Waals surface area contributed by atoms with Crippen LogP contribution in [0.25, 0.3) is 0 Å². The molecular weight excluding hydrogens is 550 g/mol. The zero-order valence-corrected chi connectivity index (χ0v) is 26.4. The molecule has 42 heavy (non-hydrogen) atoms. The Balaban J connectivity index is 2.06. The molecular formula is C33H43N3O5S. The molecule has 9 heteroatoms. The van der Waals surface area contributed by atoms with Crippen molar-refractivity contribution in [2.45, 2.75) is 65.1 Å². The number of anilines is 1. The minimum Gasteiger partial charge on any atom is -0.497 e. The van der Waals surface area contributed by atoms with E-state index in [-0.39, 0.29) is 30.3 Å². The maximum absolute atomic E-state index is 14.2. The van der Waals surface area contributed by atoms with Crippen molar-refractivity contribution in [1.29, 1.82) is 0 Å². The fourth-order valence-electron chi connectivity index (χ4n) is 4.64. The molecule has 2 amide bonds. The van der Waals surface area contributed by atoms with Crippen LogP contribution in [0.15, 0.2) is 78.9 Å². The van der Waals surface area contributed by atoms with Crippen LogP contribution in [0.4, 0.5) is 5.69 Å². The van der Waals surface area contributed by atoms with E-state index in [9.17, 15) is 18.0 Å². The molecule has 1 N–H and O–H groups in total. The first-order chi connectivity index (χ1) is 19.7. The Morgan fingerprint density at radius 1 is 0.905 bits per heavy atom. The summed E-state index contributed by atoms with van der Waals surface area (Å²) in [5.41, 5.74) is 2.93. The van der Waals surface area contributed by atoms with Gasteiger partial charge in [-0.15, -0.1) is 0 Å². The fourth-order valence-corrected chi connectivity index (χ4v) is 5.49. The van der Waals surface area contributed by atoms with Crippen LogP contribution in [0.5, 0.6) is 5.75 Å². The first kappa shape index (κ1) is 32.7. The zero-order chi connectivity index (χ0) is 31.1. The minimum absolute atomic E-state index is 0.0829. The maximum atomic E-state index is 14.2. The van der Waals surface area contributed by atoms with Crippen LogP contribution >= 0.6 is 0 Å². The topological polar surface area (TPSA) is 96.0 Å². The van der Waals surface area contributed by atoms with E-state index in [2.05, 4.69) is 26.1 Å². The van der Waals surface area contributed by atoms with Crippen LogP contribution in [-0.4, -0.2) is 57.1 Å². The van der Waals surface area contributed by atoms with Crippen molar-refractivity contribution >= 4 is 27.5 Å². The van der Waals surface area contributed by atoms with Crippen LogP contribution in [0.2, 0.25) is 0 Å². The van der Waals surface area contributed by atoms with E-state index in [1.54, 1.807) is 31.4 Å². The van der Waals surface area contributed by atoms with E-state index in [0.29, 0.717) is 11.4 Å². The molecule has 226 valence electrons. The zero-order valence-electron chi connectivity index (χ0n) is 25.6. The molecule has 3 aromatic carbocycles. The summed E-state index contributed by atoms with van der Waals surface area (Å²) in [4.78, 5) is 29.3. The lowest BCUT2D eigenvalue weighted by atomic mass is 9.87. The van der Waals surface area contributed by atoms with Gasteiger partial charge in [0.2, 0.25) is 21.8 Å². The van der Waals surface area contributed by atoms with Crippen LogP contribution in [0.3, 0.4) is 0 Å². The number of hydrogen-bond donors (Lipinski definition) is 1. The van der Waals surface area contributed by atoms with Gasteiger partial charge in [0.15, 0.2) is 0 Å². The van der Waals surface area contributed by atoms with Crippen LogP contribution in [0.1, 0.15) is 51.3 Å². The van der Waals surface area contributed by atoms with Gasteiger partial charge in [0.25, 0.3) is 0 Å². The highest BCUT2D eigenvalue weighted by Gasteiger charge is 2.33. The molecule has 3 aromatic rings. The predicted molar refractivity (Wildman–Crippen MR) is 168 cm³/mol. The summed E-state index contributed by atoms with van der Waals surface area (Å²) in [5, 5.41) is 2.95. The van der Waals surface area contributed by atoms with Crippen molar-refractivity contribution in [3.05, 3.63) is 95.6 Å². The Bertz CT molecular complexity index is 1450. The van der Waals surface area contributed by atoms with Crippen molar-refractivity contribution < 1.29 is 22.7 Å². The SMILES string of the molecule is COc1cccc(CN(C(=O)CN(c2ccc(C(C)(C)C)cc2)S(C)(=O)=O)[C@H](Cc2ccccc2)C(=O)NC(C)C)c1. The second-order valence-corrected chi connectivity index (χ2v) is 13.7. The number of methoxy groups -OCH3 is 1. The number of carbonyl (C=O) groups is 2. The van der Waals surface area contributed by atoms with Gasteiger partial charge in [-0.3, -0.25) is 13.9 Å². The van der Waals surface area contributed by atoms with Gasteiger partial charge in [0.05, 0.1) is 19.1 Å². The van der Waals surface area contributed by atoms with E-state index in [1.807, 2.05) is 68.4 Å². The summed E-state index contributed by atoms with van der Waals surface area (Å²) in [6, 6.07) is 22.9. The first-order valence-electron chi connectivity index (χ1n) is 14.0. The Morgan fingerprint density at radius 2 is 1.52 bits per heavy atom. The number of carbonyl (C=O) groups excluding carboxylic acids is 2.